The molecule has 0 saturated carbocycles. The molecule has 0 bridgehead atoms. The summed E-state index contributed by atoms with van der Waals surface area (Å²) < 4.78 is 0. The van der Waals surface area contributed by atoms with E-state index in [9.17, 15) is 9.59 Å². The third kappa shape index (κ3) is 1.84. The molecule has 2 N–H and O–H groups in total. The second-order valence-corrected chi connectivity index (χ2v) is 5.26. The molecule has 0 aromatic heterocycles. The van der Waals surface area contributed by atoms with Crippen molar-refractivity contribution in [1.82, 2.24) is 10.6 Å². The zero-order valence-corrected chi connectivity index (χ0v) is 11.2. The van der Waals surface area contributed by atoms with Crippen LogP contribution in [0.25, 0.3) is 0 Å². The summed E-state index contributed by atoms with van der Waals surface area (Å²) in [5.41, 5.74) is 0.494. The topological polar surface area (TPSA) is 58.2 Å². The fourth-order valence-electron chi connectivity index (χ4n) is 2.72. The van der Waals surface area contributed by atoms with E-state index in [0.29, 0.717) is 5.92 Å². The van der Waals surface area contributed by atoms with E-state index < -0.39 is 11.6 Å². The molecule has 3 amide bonds. The van der Waals surface area contributed by atoms with E-state index in [0.717, 1.165) is 17.6 Å². The molecule has 1 aliphatic heterocycles. The van der Waals surface area contributed by atoms with Gasteiger partial charge in [-0.15, -0.1) is 0 Å². The Bertz CT molecular complexity index is 619. The molecule has 1 fully saturated rings. The molecule has 1 heterocycles. The summed E-state index contributed by atoms with van der Waals surface area (Å²) in [4.78, 5) is 24.1. The summed E-state index contributed by atoms with van der Waals surface area (Å²) in [7, 11) is 0. The van der Waals surface area contributed by atoms with Crippen LogP contribution in [-0.2, 0) is 10.3 Å². The van der Waals surface area contributed by atoms with Crippen molar-refractivity contribution in [2.45, 2.75) is 18.9 Å². The van der Waals surface area contributed by atoms with Gasteiger partial charge in [-0.1, -0.05) is 55.5 Å². The van der Waals surface area contributed by atoms with Gasteiger partial charge < -0.3 is 5.32 Å². The molecular formula is C16H16N2O2. The van der Waals surface area contributed by atoms with E-state index in [1.807, 2.05) is 42.5 Å². The smallest absolute Gasteiger partial charge is 0.316 e. The van der Waals surface area contributed by atoms with Gasteiger partial charge in [0.15, 0.2) is 5.54 Å². The fourth-order valence-corrected chi connectivity index (χ4v) is 2.72. The molecule has 2 aliphatic rings. The Morgan fingerprint density at radius 1 is 1.20 bits per heavy atom. The number of carbonyl (C=O) groups is 2. The van der Waals surface area contributed by atoms with Gasteiger partial charge in [0, 0.05) is 0 Å². The highest BCUT2D eigenvalue weighted by Gasteiger charge is 2.49. The Balaban J connectivity index is 2.13. The summed E-state index contributed by atoms with van der Waals surface area (Å²) in [5, 5.41) is 5.15. The molecule has 3 rings (SSSR count). The zero-order valence-electron chi connectivity index (χ0n) is 11.2. The molecule has 4 nitrogen and oxygen atoms in total. The molecule has 2 unspecified atom stereocenters. The highest BCUT2D eigenvalue weighted by atomic mass is 16.2. The predicted octanol–water partition coefficient (Wildman–Crippen LogP) is 2.24. The normalized spacial score (nSPS) is 28.9. The van der Waals surface area contributed by atoms with Crippen molar-refractivity contribution in [2.75, 3.05) is 0 Å². The van der Waals surface area contributed by atoms with E-state index >= 15 is 0 Å². The average molecular weight is 268 g/mol. The highest BCUT2D eigenvalue weighted by Crippen LogP contribution is 2.36. The van der Waals surface area contributed by atoms with Crippen molar-refractivity contribution in [3.05, 3.63) is 59.7 Å². The van der Waals surface area contributed by atoms with E-state index in [1.165, 1.54) is 0 Å². The first-order chi connectivity index (χ1) is 9.63. The molecule has 2 atom stereocenters. The molecule has 1 saturated heterocycles. The summed E-state index contributed by atoms with van der Waals surface area (Å²) in [6, 6.07) is 8.89. The Morgan fingerprint density at radius 3 is 2.50 bits per heavy atom. The molecule has 0 spiro atoms. The van der Waals surface area contributed by atoms with Crippen LogP contribution in [0.4, 0.5) is 4.79 Å². The van der Waals surface area contributed by atoms with Crippen molar-refractivity contribution in [2.24, 2.45) is 5.92 Å². The van der Waals surface area contributed by atoms with Crippen molar-refractivity contribution >= 4 is 11.9 Å². The number of imide groups is 1. The number of hydrogen-bond acceptors (Lipinski definition) is 2. The molecule has 4 heteroatoms. The van der Waals surface area contributed by atoms with Crippen molar-refractivity contribution < 1.29 is 9.59 Å². The summed E-state index contributed by atoms with van der Waals surface area (Å²) in [5.74, 6) is 0.130. The van der Waals surface area contributed by atoms with Gasteiger partial charge >= 0.3 is 6.03 Å². The van der Waals surface area contributed by atoms with E-state index in [4.69, 9.17) is 0 Å². The van der Waals surface area contributed by atoms with E-state index in [2.05, 4.69) is 23.6 Å². The molecule has 1 aliphatic carbocycles. The number of nitrogens with one attached hydrogen (secondary N) is 2. The van der Waals surface area contributed by atoms with Crippen LogP contribution < -0.4 is 10.6 Å². The average Bonchev–Trinajstić information content (AvgIpc) is 2.76. The first-order valence-corrected chi connectivity index (χ1v) is 6.71. The van der Waals surface area contributed by atoms with Crippen LogP contribution in [0.2, 0.25) is 0 Å². The molecule has 102 valence electrons. The molecule has 0 radical (unpaired) electrons. The molecular weight excluding hydrogens is 252 g/mol. The summed E-state index contributed by atoms with van der Waals surface area (Å²) in [6.07, 6.45) is 6.90. The van der Waals surface area contributed by atoms with Crippen LogP contribution in [0.1, 0.15) is 18.9 Å². The lowest BCUT2D eigenvalue weighted by Gasteiger charge is -2.30. The Kier molecular flexibility index (Phi) is 2.93. The minimum Gasteiger partial charge on any atom is -0.316 e. The number of carbonyl (C=O) groups excluding carboxylic acids is 2. The highest BCUT2D eigenvalue weighted by molar-refractivity contribution is 6.09. The number of amides is 3. The van der Waals surface area contributed by atoms with Crippen molar-refractivity contribution in [3.8, 4) is 0 Å². The largest absolute Gasteiger partial charge is 0.322 e. The number of allylic oxidation sites excluding steroid dienone is 2. The van der Waals surface area contributed by atoms with Gasteiger partial charge in [-0.2, -0.15) is 0 Å². The number of hydrogen-bond donors (Lipinski definition) is 2. The Morgan fingerprint density at radius 2 is 1.95 bits per heavy atom. The SMILES string of the molecule is CC1C=CC(C2(c3ccccc3)NC(=O)NC2=O)=CC1. The third-order valence-corrected chi connectivity index (χ3v) is 3.82. The van der Waals surface area contributed by atoms with Crippen LogP contribution in [0, 0.1) is 5.92 Å². The molecule has 20 heavy (non-hydrogen) atoms. The van der Waals surface area contributed by atoms with Gasteiger partial charge in [-0.25, -0.2) is 4.79 Å². The standard InChI is InChI=1S/C16H16N2O2/c1-11-7-9-13(10-8-11)16(12-5-3-2-4-6-12)14(19)17-15(20)18-16/h2-7,9-11H,8H2,1H3,(H2,17,18,19,20). The molecule has 1 aromatic rings. The maximum absolute atomic E-state index is 12.4. The van der Waals surface area contributed by atoms with Crippen LogP contribution in [0.5, 0.6) is 0 Å². The van der Waals surface area contributed by atoms with Crippen LogP contribution >= 0.6 is 0 Å². The maximum Gasteiger partial charge on any atom is 0.322 e. The van der Waals surface area contributed by atoms with Crippen LogP contribution in [0.3, 0.4) is 0 Å². The maximum atomic E-state index is 12.4. The van der Waals surface area contributed by atoms with E-state index in [-0.39, 0.29) is 5.91 Å². The number of rotatable bonds is 2. The van der Waals surface area contributed by atoms with Gasteiger partial charge in [0.1, 0.15) is 0 Å². The second-order valence-electron chi connectivity index (χ2n) is 5.26. The lowest BCUT2D eigenvalue weighted by molar-refractivity contribution is -0.122. The number of urea groups is 1. The van der Waals surface area contributed by atoms with E-state index in [1.54, 1.807) is 0 Å². The molecule has 1 aromatic carbocycles. The Hall–Kier alpha value is -2.36. The van der Waals surface area contributed by atoms with Gasteiger partial charge in [0.2, 0.25) is 0 Å². The summed E-state index contributed by atoms with van der Waals surface area (Å²) in [6.45, 7) is 2.12. The first kappa shape index (κ1) is 12.7. The minimum absolute atomic E-state index is 0.320. The van der Waals surface area contributed by atoms with Gasteiger partial charge in [-0.05, 0) is 23.5 Å². The van der Waals surface area contributed by atoms with Crippen molar-refractivity contribution in [1.29, 1.82) is 0 Å². The lowest BCUT2D eigenvalue weighted by atomic mass is 9.79. The Labute approximate surface area is 117 Å². The quantitative estimate of drug-likeness (QED) is 0.808. The van der Waals surface area contributed by atoms with Crippen molar-refractivity contribution in [3.63, 3.8) is 0 Å². The lowest BCUT2D eigenvalue weighted by Crippen LogP contribution is -2.45. The van der Waals surface area contributed by atoms with Crippen LogP contribution in [0.15, 0.2) is 54.1 Å². The third-order valence-electron chi connectivity index (χ3n) is 3.82. The predicted molar refractivity (Wildman–Crippen MR) is 75.8 cm³/mol. The number of benzene rings is 1. The summed E-state index contributed by atoms with van der Waals surface area (Å²) >= 11 is 0. The van der Waals surface area contributed by atoms with Crippen LogP contribution in [-0.4, -0.2) is 11.9 Å². The second kappa shape index (κ2) is 4.63. The fraction of sp³-hybridized carbons (Fsp3) is 0.250. The monoisotopic (exact) mass is 268 g/mol. The van der Waals surface area contributed by atoms with Gasteiger partial charge in [0.05, 0.1) is 0 Å². The zero-order chi connectivity index (χ0) is 14.2. The van der Waals surface area contributed by atoms with Gasteiger partial charge in [0.25, 0.3) is 5.91 Å². The first-order valence-electron chi connectivity index (χ1n) is 6.71. The minimum atomic E-state index is -1.10. The van der Waals surface area contributed by atoms with Gasteiger partial charge in [-0.3, -0.25) is 10.1 Å².